The lowest BCUT2D eigenvalue weighted by Gasteiger charge is -2.37. The number of amides is 1. The van der Waals surface area contributed by atoms with Gasteiger partial charge in [0.15, 0.2) is 0 Å². The molecule has 4 rings (SSSR count). The molecule has 27 heavy (non-hydrogen) atoms. The SMILES string of the molecule is CO[C@@H]1CC[C@H](C(=O)N2CCC(c3nc4ccccc4n3C)CC2)C[C@H]1N. The van der Waals surface area contributed by atoms with E-state index in [9.17, 15) is 4.79 Å². The van der Waals surface area contributed by atoms with Crippen molar-refractivity contribution < 1.29 is 9.53 Å². The van der Waals surface area contributed by atoms with Gasteiger partial charge < -0.3 is 19.9 Å². The Morgan fingerprint density at radius 3 is 2.59 bits per heavy atom. The zero-order valence-corrected chi connectivity index (χ0v) is 16.3. The van der Waals surface area contributed by atoms with E-state index >= 15 is 0 Å². The van der Waals surface area contributed by atoms with Crippen LogP contribution in [-0.2, 0) is 16.6 Å². The summed E-state index contributed by atoms with van der Waals surface area (Å²) in [5.41, 5.74) is 8.42. The molecule has 146 valence electrons. The number of benzene rings is 1. The first-order chi connectivity index (χ1) is 13.1. The summed E-state index contributed by atoms with van der Waals surface area (Å²) in [5, 5.41) is 0. The molecule has 1 amide bonds. The molecule has 1 aliphatic carbocycles. The molecule has 2 heterocycles. The molecule has 1 aromatic carbocycles. The van der Waals surface area contributed by atoms with Crippen LogP contribution >= 0.6 is 0 Å². The maximum Gasteiger partial charge on any atom is 0.225 e. The quantitative estimate of drug-likeness (QED) is 0.900. The minimum absolute atomic E-state index is 0.0322. The number of fused-ring (bicyclic) bond motifs is 1. The van der Waals surface area contributed by atoms with Gasteiger partial charge in [0.1, 0.15) is 5.82 Å². The largest absolute Gasteiger partial charge is 0.380 e. The van der Waals surface area contributed by atoms with Crippen LogP contribution in [-0.4, -0.2) is 52.7 Å². The number of hydrogen-bond donors (Lipinski definition) is 1. The number of nitrogens with zero attached hydrogens (tertiary/aromatic N) is 3. The Morgan fingerprint density at radius 1 is 1.19 bits per heavy atom. The lowest BCUT2D eigenvalue weighted by molar-refractivity contribution is -0.138. The second-order valence-corrected chi connectivity index (χ2v) is 8.07. The van der Waals surface area contributed by atoms with Crippen molar-refractivity contribution in [1.82, 2.24) is 14.5 Å². The summed E-state index contributed by atoms with van der Waals surface area (Å²) in [4.78, 5) is 19.9. The van der Waals surface area contributed by atoms with E-state index < -0.39 is 0 Å². The second-order valence-electron chi connectivity index (χ2n) is 8.07. The highest BCUT2D eigenvalue weighted by Crippen LogP contribution is 2.32. The molecule has 2 aromatic rings. The van der Waals surface area contributed by atoms with E-state index in [1.54, 1.807) is 7.11 Å². The van der Waals surface area contributed by atoms with E-state index in [0.29, 0.717) is 5.92 Å². The van der Waals surface area contributed by atoms with Crippen molar-refractivity contribution in [2.24, 2.45) is 18.7 Å². The standard InChI is InChI=1S/C21H30N4O2/c1-24-18-6-4-3-5-17(18)23-20(24)14-9-11-25(12-10-14)21(26)15-7-8-19(27-2)16(22)13-15/h3-6,14-16,19H,7-13,22H2,1-2H3/t15-,16+,19+/m0/s1. The highest BCUT2D eigenvalue weighted by Gasteiger charge is 2.35. The van der Waals surface area contributed by atoms with Crippen LogP contribution in [0.2, 0.25) is 0 Å². The average Bonchev–Trinajstić information content (AvgIpc) is 3.04. The molecule has 1 saturated carbocycles. The first-order valence-electron chi connectivity index (χ1n) is 10.1. The summed E-state index contributed by atoms with van der Waals surface area (Å²) >= 11 is 0. The van der Waals surface area contributed by atoms with Crippen LogP contribution in [0.4, 0.5) is 0 Å². The van der Waals surface area contributed by atoms with Gasteiger partial charge in [0, 0.05) is 45.1 Å². The Kier molecular flexibility index (Phi) is 5.19. The smallest absolute Gasteiger partial charge is 0.225 e. The van der Waals surface area contributed by atoms with Crippen LogP contribution in [0.1, 0.15) is 43.8 Å². The van der Waals surface area contributed by atoms with Crippen LogP contribution in [0, 0.1) is 5.92 Å². The number of rotatable bonds is 3. The fraction of sp³-hybridized carbons (Fsp3) is 0.619. The highest BCUT2D eigenvalue weighted by molar-refractivity contribution is 5.79. The summed E-state index contributed by atoms with van der Waals surface area (Å²) in [6.07, 6.45) is 4.55. The molecule has 2 aliphatic rings. The van der Waals surface area contributed by atoms with Gasteiger partial charge in [0.25, 0.3) is 0 Å². The van der Waals surface area contributed by atoms with Crippen LogP contribution < -0.4 is 5.73 Å². The molecule has 2 fully saturated rings. The number of likely N-dealkylation sites (tertiary alicyclic amines) is 1. The number of carbonyl (C=O) groups is 1. The Labute approximate surface area is 160 Å². The molecule has 0 bridgehead atoms. The zero-order chi connectivity index (χ0) is 19.0. The molecule has 1 aliphatic heterocycles. The predicted molar refractivity (Wildman–Crippen MR) is 105 cm³/mol. The normalized spacial score (nSPS) is 27.2. The molecule has 1 aromatic heterocycles. The van der Waals surface area contributed by atoms with Gasteiger partial charge in [0.2, 0.25) is 5.91 Å². The molecule has 3 atom stereocenters. The highest BCUT2D eigenvalue weighted by atomic mass is 16.5. The van der Waals surface area contributed by atoms with Gasteiger partial charge in [-0.2, -0.15) is 0 Å². The molecule has 6 heteroatoms. The Hall–Kier alpha value is -1.92. The molecular weight excluding hydrogens is 340 g/mol. The number of hydrogen-bond acceptors (Lipinski definition) is 4. The number of nitrogens with two attached hydrogens (primary N) is 1. The van der Waals surface area contributed by atoms with E-state index in [2.05, 4.69) is 29.8 Å². The van der Waals surface area contributed by atoms with Crippen molar-refractivity contribution in [2.75, 3.05) is 20.2 Å². The Balaban J connectivity index is 1.38. The monoisotopic (exact) mass is 370 g/mol. The molecule has 1 saturated heterocycles. The lowest BCUT2D eigenvalue weighted by atomic mass is 9.82. The predicted octanol–water partition coefficient (Wildman–Crippen LogP) is 2.42. The van der Waals surface area contributed by atoms with Gasteiger partial charge in [-0.15, -0.1) is 0 Å². The summed E-state index contributed by atoms with van der Waals surface area (Å²) < 4.78 is 7.63. The van der Waals surface area contributed by atoms with Crippen LogP contribution in [0.5, 0.6) is 0 Å². The molecule has 0 radical (unpaired) electrons. The van der Waals surface area contributed by atoms with Crippen molar-refractivity contribution in [2.45, 2.75) is 50.2 Å². The van der Waals surface area contributed by atoms with E-state index in [0.717, 1.165) is 56.5 Å². The van der Waals surface area contributed by atoms with Crippen molar-refractivity contribution in [3.63, 3.8) is 0 Å². The van der Waals surface area contributed by atoms with Crippen molar-refractivity contribution >= 4 is 16.9 Å². The van der Waals surface area contributed by atoms with E-state index in [1.165, 1.54) is 5.52 Å². The first-order valence-corrected chi connectivity index (χ1v) is 10.1. The number of piperidine rings is 1. The van der Waals surface area contributed by atoms with Crippen molar-refractivity contribution in [3.8, 4) is 0 Å². The van der Waals surface area contributed by atoms with Crippen LogP contribution in [0.25, 0.3) is 11.0 Å². The fourth-order valence-corrected chi connectivity index (χ4v) is 4.84. The molecule has 2 N–H and O–H groups in total. The molecular formula is C21H30N4O2. The molecule has 6 nitrogen and oxygen atoms in total. The van der Waals surface area contributed by atoms with Gasteiger partial charge in [-0.25, -0.2) is 4.98 Å². The van der Waals surface area contributed by atoms with Gasteiger partial charge in [0.05, 0.1) is 17.1 Å². The van der Waals surface area contributed by atoms with Gasteiger partial charge in [-0.3, -0.25) is 4.79 Å². The number of carbonyl (C=O) groups excluding carboxylic acids is 1. The summed E-state index contributed by atoms with van der Waals surface area (Å²) in [6.45, 7) is 1.62. The third-order valence-electron chi connectivity index (χ3n) is 6.48. The Morgan fingerprint density at radius 2 is 1.93 bits per heavy atom. The van der Waals surface area contributed by atoms with Gasteiger partial charge in [-0.05, 0) is 44.2 Å². The third kappa shape index (κ3) is 3.48. The summed E-state index contributed by atoms with van der Waals surface area (Å²) in [6, 6.07) is 8.23. The minimum atomic E-state index is -0.0322. The van der Waals surface area contributed by atoms with Gasteiger partial charge in [-0.1, -0.05) is 12.1 Å². The Bertz CT molecular complexity index is 810. The van der Waals surface area contributed by atoms with E-state index in [-0.39, 0.29) is 24.0 Å². The first kappa shape index (κ1) is 18.4. The summed E-state index contributed by atoms with van der Waals surface area (Å²) in [7, 11) is 3.80. The average molecular weight is 370 g/mol. The lowest BCUT2D eigenvalue weighted by Crippen LogP contribution is -2.48. The topological polar surface area (TPSA) is 73.4 Å². The fourth-order valence-electron chi connectivity index (χ4n) is 4.84. The van der Waals surface area contributed by atoms with Crippen molar-refractivity contribution in [1.29, 1.82) is 0 Å². The van der Waals surface area contributed by atoms with E-state index in [4.69, 9.17) is 15.5 Å². The van der Waals surface area contributed by atoms with Gasteiger partial charge >= 0.3 is 0 Å². The molecule has 0 spiro atoms. The maximum absolute atomic E-state index is 13.0. The van der Waals surface area contributed by atoms with Crippen LogP contribution in [0.3, 0.4) is 0 Å². The number of methoxy groups -OCH3 is 1. The zero-order valence-electron chi connectivity index (χ0n) is 16.3. The maximum atomic E-state index is 13.0. The van der Waals surface area contributed by atoms with Crippen LogP contribution in [0.15, 0.2) is 24.3 Å². The third-order valence-corrected chi connectivity index (χ3v) is 6.48. The number of aromatic nitrogens is 2. The summed E-state index contributed by atoms with van der Waals surface area (Å²) in [5.74, 6) is 1.89. The minimum Gasteiger partial charge on any atom is -0.380 e. The van der Waals surface area contributed by atoms with E-state index in [1.807, 2.05) is 11.0 Å². The molecule has 0 unspecified atom stereocenters. The number of para-hydroxylation sites is 2. The second kappa shape index (κ2) is 7.60. The number of aryl methyl sites for hydroxylation is 1. The number of ether oxygens (including phenoxy) is 1. The number of imidazole rings is 1. The van der Waals surface area contributed by atoms with Crippen molar-refractivity contribution in [3.05, 3.63) is 30.1 Å².